The monoisotopic (exact) mass is 564 g/mol. The molecule has 34 heavy (non-hydrogen) atoms. The number of nitriles is 1. The molecule has 0 aromatic heterocycles. The standard InChI is InChI=1S/C22H24BrF3N2O5S/c23-13-1-2-19(17(9-13)22(24,25)26)34(30,31)15-10-16(20(29)28-21(12-27)5-6-21)18(11-15)33-14-3-7-32-8-4-14/h1-2,9,14-16,18H,3-8,10-11H2,(H,28,29)/t15-,16-,18-/m0/s1. The highest BCUT2D eigenvalue weighted by Crippen LogP contribution is 2.43. The SMILES string of the molecule is N#CC1(NC(=O)[C@H]2C[C@H](S(=O)(=O)c3ccc(Br)cc3C(F)(F)F)C[C@@H]2OC2CCOCC2)CC1. The van der Waals surface area contributed by atoms with Gasteiger partial charge in [-0.3, -0.25) is 4.79 Å². The topological polar surface area (TPSA) is 105 Å². The summed E-state index contributed by atoms with van der Waals surface area (Å²) in [4.78, 5) is 12.2. The molecule has 1 aromatic carbocycles. The summed E-state index contributed by atoms with van der Waals surface area (Å²) < 4.78 is 79.3. The second-order valence-corrected chi connectivity index (χ2v) is 12.2. The molecule has 1 aliphatic heterocycles. The van der Waals surface area contributed by atoms with E-state index in [2.05, 4.69) is 27.3 Å². The molecular formula is C22H24BrF3N2O5S. The summed E-state index contributed by atoms with van der Waals surface area (Å²) in [7, 11) is -4.43. The van der Waals surface area contributed by atoms with E-state index in [0.29, 0.717) is 38.9 Å². The van der Waals surface area contributed by atoms with Crippen molar-refractivity contribution in [1.29, 1.82) is 5.26 Å². The largest absolute Gasteiger partial charge is 0.417 e. The predicted octanol–water partition coefficient (Wildman–Crippen LogP) is 3.76. The van der Waals surface area contributed by atoms with Crippen molar-refractivity contribution in [3.63, 3.8) is 0 Å². The Morgan fingerprint density at radius 1 is 1.24 bits per heavy atom. The van der Waals surface area contributed by atoms with Crippen LogP contribution in [0.3, 0.4) is 0 Å². The normalized spacial score (nSPS) is 27.2. The fraction of sp³-hybridized carbons (Fsp3) is 0.636. The fourth-order valence-corrected chi connectivity index (χ4v) is 6.93. The van der Waals surface area contributed by atoms with Gasteiger partial charge in [0.2, 0.25) is 5.91 Å². The van der Waals surface area contributed by atoms with Crippen molar-refractivity contribution in [2.45, 2.75) is 72.6 Å². The van der Waals surface area contributed by atoms with Crippen LogP contribution >= 0.6 is 15.9 Å². The average Bonchev–Trinajstić information content (AvgIpc) is 3.42. The molecule has 1 aromatic rings. The van der Waals surface area contributed by atoms with Gasteiger partial charge in [0.25, 0.3) is 0 Å². The molecule has 2 saturated carbocycles. The van der Waals surface area contributed by atoms with E-state index in [1.165, 1.54) is 6.07 Å². The van der Waals surface area contributed by atoms with Gasteiger partial charge < -0.3 is 14.8 Å². The number of nitrogens with zero attached hydrogens (tertiary/aromatic N) is 1. The van der Waals surface area contributed by atoms with E-state index in [-0.39, 0.29) is 23.4 Å². The Morgan fingerprint density at radius 2 is 1.91 bits per heavy atom. The van der Waals surface area contributed by atoms with Gasteiger partial charge in [0.15, 0.2) is 9.84 Å². The quantitative estimate of drug-likeness (QED) is 0.564. The second-order valence-electron chi connectivity index (χ2n) is 9.05. The maximum atomic E-state index is 13.7. The molecule has 3 atom stereocenters. The molecule has 0 radical (unpaired) electrons. The van der Waals surface area contributed by atoms with E-state index in [1.54, 1.807) is 0 Å². The third-order valence-corrected chi connectivity index (χ3v) is 9.38. The Morgan fingerprint density at radius 3 is 2.50 bits per heavy atom. The lowest BCUT2D eigenvalue weighted by Gasteiger charge is -2.28. The van der Waals surface area contributed by atoms with Gasteiger partial charge in [0, 0.05) is 17.7 Å². The van der Waals surface area contributed by atoms with Gasteiger partial charge in [-0.05, 0) is 56.7 Å². The summed E-state index contributed by atoms with van der Waals surface area (Å²) in [5.41, 5.74) is -2.20. The van der Waals surface area contributed by atoms with Crippen LogP contribution in [0.1, 0.15) is 44.1 Å². The number of nitrogens with one attached hydrogen (secondary N) is 1. The van der Waals surface area contributed by atoms with Crippen LogP contribution < -0.4 is 5.32 Å². The number of rotatable bonds is 6. The van der Waals surface area contributed by atoms with Crippen molar-refractivity contribution in [3.05, 3.63) is 28.2 Å². The van der Waals surface area contributed by atoms with Crippen molar-refractivity contribution in [1.82, 2.24) is 5.32 Å². The van der Waals surface area contributed by atoms with Gasteiger partial charge in [-0.25, -0.2) is 8.42 Å². The molecule has 0 spiro atoms. The minimum atomic E-state index is -4.87. The summed E-state index contributed by atoms with van der Waals surface area (Å²) in [6.45, 7) is 0.947. The minimum Gasteiger partial charge on any atom is -0.381 e. The fourth-order valence-electron chi connectivity index (χ4n) is 4.56. The van der Waals surface area contributed by atoms with E-state index in [9.17, 15) is 31.6 Å². The molecule has 7 nitrogen and oxygen atoms in total. The Kier molecular flexibility index (Phi) is 7.03. The van der Waals surface area contributed by atoms with E-state index in [0.717, 1.165) is 12.1 Å². The van der Waals surface area contributed by atoms with Crippen molar-refractivity contribution in [3.8, 4) is 6.07 Å². The second kappa shape index (κ2) is 9.41. The zero-order chi connectivity index (χ0) is 24.7. The summed E-state index contributed by atoms with van der Waals surface area (Å²) in [5.74, 6) is -1.39. The van der Waals surface area contributed by atoms with E-state index < -0.39 is 55.2 Å². The maximum Gasteiger partial charge on any atom is 0.417 e. The summed E-state index contributed by atoms with van der Waals surface area (Å²) in [5, 5.41) is 10.8. The minimum absolute atomic E-state index is 0.106. The first-order chi connectivity index (χ1) is 15.9. The van der Waals surface area contributed by atoms with Crippen LogP contribution in [-0.2, 0) is 30.3 Å². The number of sulfone groups is 1. The number of ether oxygens (including phenoxy) is 2. The summed E-state index contributed by atoms with van der Waals surface area (Å²) in [6.07, 6.45) is -4.02. The van der Waals surface area contributed by atoms with Crippen molar-refractivity contribution in [2.24, 2.45) is 5.92 Å². The third kappa shape index (κ3) is 5.27. The van der Waals surface area contributed by atoms with Crippen LogP contribution in [0.2, 0.25) is 0 Å². The van der Waals surface area contributed by atoms with Crippen LogP contribution in [0.15, 0.2) is 27.6 Å². The number of carbonyl (C=O) groups excluding carboxylic acids is 1. The molecule has 4 rings (SSSR count). The molecule has 3 aliphatic rings. The molecule has 0 bridgehead atoms. The number of alkyl halides is 3. The molecule has 2 aliphatic carbocycles. The lowest BCUT2D eigenvalue weighted by Crippen LogP contribution is -2.43. The first-order valence-electron chi connectivity index (χ1n) is 11.0. The van der Waals surface area contributed by atoms with Gasteiger partial charge in [0.05, 0.1) is 39.9 Å². The van der Waals surface area contributed by atoms with Gasteiger partial charge in [-0.1, -0.05) is 15.9 Å². The number of benzene rings is 1. The lowest BCUT2D eigenvalue weighted by molar-refractivity contribution is -0.140. The number of carbonyl (C=O) groups is 1. The number of hydrogen-bond acceptors (Lipinski definition) is 6. The van der Waals surface area contributed by atoms with Crippen LogP contribution in [-0.4, -0.2) is 50.5 Å². The molecule has 1 heterocycles. The molecule has 12 heteroatoms. The maximum absolute atomic E-state index is 13.7. The van der Waals surface area contributed by atoms with Crippen LogP contribution in [0.25, 0.3) is 0 Å². The smallest absolute Gasteiger partial charge is 0.381 e. The van der Waals surface area contributed by atoms with E-state index in [1.807, 2.05) is 0 Å². The van der Waals surface area contributed by atoms with Crippen LogP contribution in [0.5, 0.6) is 0 Å². The van der Waals surface area contributed by atoms with Crippen molar-refractivity contribution in [2.75, 3.05) is 13.2 Å². The predicted molar refractivity (Wildman–Crippen MR) is 117 cm³/mol. The first kappa shape index (κ1) is 25.4. The molecule has 1 N–H and O–H groups in total. The van der Waals surface area contributed by atoms with Gasteiger partial charge in [-0.2, -0.15) is 18.4 Å². The van der Waals surface area contributed by atoms with E-state index in [4.69, 9.17) is 9.47 Å². The Labute approximate surface area is 204 Å². The zero-order valence-corrected chi connectivity index (χ0v) is 20.5. The molecule has 1 amide bonds. The number of halogens is 4. The number of amides is 1. The van der Waals surface area contributed by atoms with Gasteiger partial charge in [0.1, 0.15) is 5.54 Å². The molecule has 3 fully saturated rings. The molecular weight excluding hydrogens is 541 g/mol. The van der Waals surface area contributed by atoms with Crippen molar-refractivity contribution < 1.29 is 35.9 Å². The Hall–Kier alpha value is -1.68. The zero-order valence-electron chi connectivity index (χ0n) is 18.1. The van der Waals surface area contributed by atoms with E-state index >= 15 is 0 Å². The highest BCUT2D eigenvalue weighted by molar-refractivity contribution is 9.10. The van der Waals surface area contributed by atoms with Gasteiger partial charge >= 0.3 is 6.18 Å². The Balaban J connectivity index is 1.62. The van der Waals surface area contributed by atoms with Crippen LogP contribution in [0, 0.1) is 17.2 Å². The Bertz CT molecular complexity index is 1090. The van der Waals surface area contributed by atoms with Crippen molar-refractivity contribution >= 4 is 31.7 Å². The number of hydrogen-bond donors (Lipinski definition) is 1. The molecule has 0 unspecified atom stereocenters. The summed E-state index contributed by atoms with van der Waals surface area (Å²) in [6, 6.07) is 5.00. The van der Waals surface area contributed by atoms with Gasteiger partial charge in [-0.15, -0.1) is 0 Å². The third-order valence-electron chi connectivity index (χ3n) is 6.65. The highest BCUT2D eigenvalue weighted by Gasteiger charge is 2.51. The first-order valence-corrected chi connectivity index (χ1v) is 13.4. The summed E-state index contributed by atoms with van der Waals surface area (Å²) >= 11 is 2.97. The highest BCUT2D eigenvalue weighted by atomic mass is 79.9. The molecule has 186 valence electrons. The average molecular weight is 565 g/mol. The lowest BCUT2D eigenvalue weighted by atomic mass is 10.0. The molecule has 1 saturated heterocycles. The van der Waals surface area contributed by atoms with Crippen LogP contribution in [0.4, 0.5) is 13.2 Å².